The number of nitrogens with one attached hydrogen (secondary N) is 1. The number of fused-ring (bicyclic) bond motifs is 1. The van der Waals surface area contributed by atoms with Gasteiger partial charge in [0.2, 0.25) is 5.95 Å². The maximum atomic E-state index is 11.9. The molecule has 2 heterocycles. The zero-order chi connectivity index (χ0) is 24.2. The Morgan fingerprint density at radius 2 is 1.88 bits per heavy atom. The summed E-state index contributed by atoms with van der Waals surface area (Å²) in [6.07, 6.45) is 3.61. The molecule has 2 aromatic heterocycles. The topological polar surface area (TPSA) is 104 Å². The second-order valence-corrected chi connectivity index (χ2v) is 8.07. The van der Waals surface area contributed by atoms with Gasteiger partial charge in [-0.15, -0.1) is 0 Å². The van der Waals surface area contributed by atoms with Crippen molar-refractivity contribution in [2.24, 2.45) is 0 Å². The number of para-hydroxylation sites is 1. The smallest absolute Gasteiger partial charge is 0.296 e. The highest BCUT2D eigenvalue weighted by molar-refractivity contribution is 5.94. The first kappa shape index (κ1) is 23.1. The van der Waals surface area contributed by atoms with Crippen LogP contribution in [0.2, 0.25) is 0 Å². The molecule has 0 radical (unpaired) electrons. The zero-order valence-electron chi connectivity index (χ0n) is 19.6. The van der Waals surface area contributed by atoms with Crippen molar-refractivity contribution >= 4 is 33.9 Å². The fourth-order valence-corrected chi connectivity index (χ4v) is 3.74. The van der Waals surface area contributed by atoms with E-state index < -0.39 is 4.92 Å². The second-order valence-electron chi connectivity index (χ2n) is 8.07. The van der Waals surface area contributed by atoms with Gasteiger partial charge < -0.3 is 14.8 Å². The summed E-state index contributed by atoms with van der Waals surface area (Å²) in [6.45, 7) is 1.16. The number of aromatic nitrogens is 3. The lowest BCUT2D eigenvalue weighted by Gasteiger charge is -2.24. The van der Waals surface area contributed by atoms with Gasteiger partial charge in [0.05, 0.1) is 30.0 Å². The lowest BCUT2D eigenvalue weighted by molar-refractivity contribution is -0.384. The quantitative estimate of drug-likeness (QED) is 0.292. The number of nitro groups is 1. The highest BCUT2D eigenvalue weighted by Gasteiger charge is 2.22. The monoisotopic (exact) mass is 461 g/mol. The van der Waals surface area contributed by atoms with Gasteiger partial charge in [0.15, 0.2) is 0 Å². The summed E-state index contributed by atoms with van der Waals surface area (Å²) >= 11 is 0. The highest BCUT2D eigenvalue weighted by atomic mass is 16.7. The van der Waals surface area contributed by atoms with Gasteiger partial charge in [-0.25, -0.2) is 15.0 Å². The first-order valence-corrected chi connectivity index (χ1v) is 10.8. The lowest BCUT2D eigenvalue weighted by Crippen LogP contribution is -2.31. The number of rotatable bonds is 9. The van der Waals surface area contributed by atoms with Crippen molar-refractivity contribution in [3.63, 3.8) is 0 Å². The van der Waals surface area contributed by atoms with E-state index in [-0.39, 0.29) is 5.69 Å². The Kier molecular flexibility index (Phi) is 6.71. The lowest BCUT2D eigenvalue weighted by atomic mass is 10.1. The van der Waals surface area contributed by atoms with Crippen LogP contribution in [-0.4, -0.2) is 66.1 Å². The minimum Gasteiger partial charge on any atom is -0.360 e. The summed E-state index contributed by atoms with van der Waals surface area (Å²) in [4.78, 5) is 33.0. The molecule has 1 N–H and O–H groups in total. The average Bonchev–Trinajstić information content (AvgIpc) is 3.28. The van der Waals surface area contributed by atoms with Crippen LogP contribution in [-0.2, 0) is 4.84 Å². The molecule has 176 valence electrons. The number of anilines is 3. The Morgan fingerprint density at radius 3 is 2.62 bits per heavy atom. The Labute approximate surface area is 197 Å². The van der Waals surface area contributed by atoms with Crippen LogP contribution in [0.25, 0.3) is 22.2 Å². The largest absolute Gasteiger partial charge is 0.360 e. The van der Waals surface area contributed by atoms with E-state index in [0.717, 1.165) is 22.2 Å². The first-order chi connectivity index (χ1) is 16.4. The molecule has 0 fully saturated rings. The van der Waals surface area contributed by atoms with E-state index in [0.29, 0.717) is 30.4 Å². The number of aromatic amines is 1. The number of likely N-dealkylation sites (N-methyl/N-ethyl adjacent to an activating group) is 1. The fourth-order valence-electron chi connectivity index (χ4n) is 3.74. The highest BCUT2D eigenvalue weighted by Crippen LogP contribution is 2.34. The minimum absolute atomic E-state index is 0.0576. The molecule has 10 nitrogen and oxygen atoms in total. The minimum atomic E-state index is -0.405. The number of hydrogen-bond donors (Lipinski definition) is 1. The van der Waals surface area contributed by atoms with Gasteiger partial charge in [0.25, 0.3) is 5.69 Å². The molecule has 0 bridgehead atoms. The summed E-state index contributed by atoms with van der Waals surface area (Å²) in [5.41, 5.74) is 3.67. The van der Waals surface area contributed by atoms with E-state index >= 15 is 0 Å². The van der Waals surface area contributed by atoms with Gasteiger partial charge in [0, 0.05) is 48.5 Å². The number of hydrogen-bond acceptors (Lipinski definition) is 8. The first-order valence-electron chi connectivity index (χ1n) is 10.8. The summed E-state index contributed by atoms with van der Waals surface area (Å²) < 4.78 is 0. The van der Waals surface area contributed by atoms with Crippen molar-refractivity contribution in [2.45, 2.75) is 0 Å². The Morgan fingerprint density at radius 1 is 1.09 bits per heavy atom. The van der Waals surface area contributed by atoms with E-state index in [1.165, 1.54) is 18.2 Å². The van der Waals surface area contributed by atoms with E-state index in [1.54, 1.807) is 30.3 Å². The van der Waals surface area contributed by atoms with Crippen molar-refractivity contribution in [3.05, 3.63) is 71.0 Å². The van der Waals surface area contributed by atoms with Crippen LogP contribution in [0.15, 0.2) is 60.9 Å². The number of nitrogens with zero attached hydrogens (tertiary/aromatic N) is 6. The van der Waals surface area contributed by atoms with Crippen LogP contribution < -0.4 is 9.96 Å². The summed E-state index contributed by atoms with van der Waals surface area (Å²) in [7, 11) is 7.16. The van der Waals surface area contributed by atoms with Crippen LogP contribution in [0.5, 0.6) is 0 Å². The van der Waals surface area contributed by atoms with Crippen LogP contribution in [0, 0.1) is 10.1 Å². The molecular weight excluding hydrogens is 434 g/mol. The SMILES string of the molecule is CON(CCN(C)C)c1ccc(N(C)c2nccc(-c3c[nH]c4ccccc34)n2)cc1[N+](=O)[O-]. The maximum absolute atomic E-state index is 11.9. The molecular formula is C24H27N7O3. The number of nitro benzene ring substituents is 1. The third-order valence-electron chi connectivity index (χ3n) is 5.59. The third-order valence-corrected chi connectivity index (χ3v) is 5.59. The Hall–Kier alpha value is -4.02. The second kappa shape index (κ2) is 9.86. The van der Waals surface area contributed by atoms with Crippen molar-refractivity contribution < 1.29 is 9.76 Å². The Bertz CT molecular complexity index is 1300. The molecule has 0 atom stereocenters. The van der Waals surface area contributed by atoms with Crippen molar-refractivity contribution in [3.8, 4) is 11.3 Å². The van der Waals surface area contributed by atoms with E-state index in [1.807, 2.05) is 55.5 Å². The zero-order valence-corrected chi connectivity index (χ0v) is 19.6. The van der Waals surface area contributed by atoms with Gasteiger partial charge >= 0.3 is 0 Å². The molecule has 0 saturated carbocycles. The molecule has 0 aliphatic rings. The van der Waals surface area contributed by atoms with Gasteiger partial charge in [-0.1, -0.05) is 18.2 Å². The molecule has 4 aromatic rings. The predicted molar refractivity (Wildman–Crippen MR) is 133 cm³/mol. The summed E-state index contributed by atoms with van der Waals surface area (Å²) in [5, 5.41) is 14.5. The molecule has 10 heteroatoms. The average molecular weight is 462 g/mol. The predicted octanol–water partition coefficient (Wildman–Crippen LogP) is 4.23. The van der Waals surface area contributed by atoms with E-state index in [9.17, 15) is 10.1 Å². The normalized spacial score (nSPS) is 11.2. The molecule has 0 amide bonds. The van der Waals surface area contributed by atoms with E-state index in [4.69, 9.17) is 9.82 Å². The summed E-state index contributed by atoms with van der Waals surface area (Å²) in [6, 6.07) is 14.8. The molecule has 0 spiro atoms. The number of H-pyrrole nitrogens is 1. The van der Waals surface area contributed by atoms with Crippen LogP contribution in [0.4, 0.5) is 23.0 Å². The third kappa shape index (κ3) is 4.68. The number of hydroxylamine groups is 1. The van der Waals surface area contributed by atoms with Crippen LogP contribution in [0.1, 0.15) is 0 Å². The molecule has 0 unspecified atom stereocenters. The van der Waals surface area contributed by atoms with Gasteiger partial charge in [-0.3, -0.25) is 15.0 Å². The van der Waals surface area contributed by atoms with Crippen LogP contribution in [0.3, 0.4) is 0 Å². The Balaban J connectivity index is 1.67. The molecule has 4 rings (SSSR count). The van der Waals surface area contributed by atoms with Gasteiger partial charge in [-0.2, -0.15) is 0 Å². The van der Waals surface area contributed by atoms with Gasteiger partial charge in [0.1, 0.15) is 5.69 Å². The van der Waals surface area contributed by atoms with E-state index in [2.05, 4.69) is 9.97 Å². The van der Waals surface area contributed by atoms with Crippen molar-refractivity contribution in [1.82, 2.24) is 19.9 Å². The number of benzene rings is 2. The molecule has 0 saturated heterocycles. The standard InChI is InChI=1S/C24H27N7O3/c1-28(2)13-14-30(34-4)22-10-9-17(15-23(22)31(32)33)29(3)24-25-12-11-21(27-24)19-16-26-20-8-6-5-7-18(19)20/h5-12,15-16,26H,13-14H2,1-4H3. The summed E-state index contributed by atoms with van der Waals surface area (Å²) in [5.74, 6) is 0.432. The van der Waals surface area contributed by atoms with Crippen molar-refractivity contribution in [2.75, 3.05) is 51.3 Å². The maximum Gasteiger partial charge on any atom is 0.296 e. The molecule has 0 aliphatic heterocycles. The fraction of sp³-hybridized carbons (Fsp3) is 0.250. The van der Waals surface area contributed by atoms with Gasteiger partial charge in [-0.05, 0) is 38.4 Å². The van der Waals surface area contributed by atoms with Crippen molar-refractivity contribution in [1.29, 1.82) is 0 Å². The molecule has 34 heavy (non-hydrogen) atoms. The molecule has 0 aliphatic carbocycles. The van der Waals surface area contributed by atoms with Crippen LogP contribution >= 0.6 is 0 Å². The molecule has 2 aromatic carbocycles.